The first-order chi connectivity index (χ1) is 15.5. The average Bonchev–Trinajstić information content (AvgIpc) is 2.79. The van der Waals surface area contributed by atoms with Crippen LogP contribution in [0, 0.1) is 11.7 Å². The van der Waals surface area contributed by atoms with Crippen LogP contribution in [0.25, 0.3) is 10.9 Å². The second-order valence-corrected chi connectivity index (χ2v) is 8.75. The highest BCUT2D eigenvalue weighted by Crippen LogP contribution is 2.28. The normalized spacial score (nSPS) is 18.3. The van der Waals surface area contributed by atoms with Crippen LogP contribution in [0.2, 0.25) is 0 Å². The molecule has 6 nitrogen and oxygen atoms in total. The fourth-order valence-corrected chi connectivity index (χ4v) is 4.27. The van der Waals surface area contributed by atoms with Gasteiger partial charge in [0.25, 0.3) is 0 Å². The summed E-state index contributed by atoms with van der Waals surface area (Å²) in [7, 11) is 3.99. The van der Waals surface area contributed by atoms with Gasteiger partial charge in [-0.05, 0) is 61.4 Å². The van der Waals surface area contributed by atoms with Crippen LogP contribution >= 0.6 is 0 Å². The summed E-state index contributed by atoms with van der Waals surface area (Å²) in [6.45, 7) is 0.685. The molecule has 0 bridgehead atoms. The molecule has 7 heteroatoms. The standard InChI is InChI=1S/C25H30FN5O/c1-31(2)24-21-5-3-4-6-22(21)29-25(30-24)28-20-13-9-18(10-14-20)16-27-23(32)15-17-7-11-19(26)12-8-17/h3-8,11-12,18,20H,9-10,13-16H2,1-2H3,(H,27,32)(H,28,29,30)/t18-,20+. The summed E-state index contributed by atoms with van der Waals surface area (Å²) in [5, 5.41) is 7.61. The molecular formula is C25H30FN5O. The molecule has 1 heterocycles. The number of nitrogens with one attached hydrogen (secondary N) is 2. The third-order valence-corrected chi connectivity index (χ3v) is 6.05. The Kier molecular flexibility index (Phi) is 6.83. The molecular weight excluding hydrogens is 405 g/mol. The molecule has 32 heavy (non-hydrogen) atoms. The van der Waals surface area contributed by atoms with Crippen molar-refractivity contribution in [2.24, 2.45) is 5.92 Å². The summed E-state index contributed by atoms with van der Waals surface area (Å²) < 4.78 is 13.0. The van der Waals surface area contributed by atoms with Crippen LogP contribution in [0.1, 0.15) is 31.2 Å². The Balaban J connectivity index is 1.27. The molecule has 1 saturated carbocycles. The highest BCUT2D eigenvalue weighted by atomic mass is 19.1. The van der Waals surface area contributed by atoms with E-state index in [-0.39, 0.29) is 18.1 Å². The van der Waals surface area contributed by atoms with E-state index < -0.39 is 0 Å². The Hall–Kier alpha value is -3.22. The monoisotopic (exact) mass is 435 g/mol. The minimum Gasteiger partial charge on any atom is -0.362 e. The van der Waals surface area contributed by atoms with E-state index in [1.165, 1.54) is 12.1 Å². The fourth-order valence-electron chi connectivity index (χ4n) is 4.27. The molecule has 0 aliphatic heterocycles. The molecule has 1 amide bonds. The molecule has 0 saturated heterocycles. The van der Waals surface area contributed by atoms with E-state index in [4.69, 9.17) is 9.97 Å². The summed E-state index contributed by atoms with van der Waals surface area (Å²) in [6.07, 6.45) is 4.41. The minimum atomic E-state index is -0.286. The third-order valence-electron chi connectivity index (χ3n) is 6.05. The van der Waals surface area contributed by atoms with Gasteiger partial charge in [0.1, 0.15) is 11.6 Å². The minimum absolute atomic E-state index is 0.0161. The summed E-state index contributed by atoms with van der Waals surface area (Å²) in [6, 6.07) is 14.5. The van der Waals surface area contributed by atoms with Gasteiger partial charge in [-0.15, -0.1) is 0 Å². The summed E-state index contributed by atoms with van der Waals surface area (Å²) in [5.41, 5.74) is 1.76. The molecule has 3 aromatic rings. The van der Waals surface area contributed by atoms with Gasteiger partial charge in [-0.2, -0.15) is 4.98 Å². The zero-order valence-electron chi connectivity index (χ0n) is 18.6. The number of amides is 1. The fraction of sp³-hybridized carbons (Fsp3) is 0.400. The largest absolute Gasteiger partial charge is 0.362 e. The maximum absolute atomic E-state index is 13.0. The lowest BCUT2D eigenvalue weighted by Crippen LogP contribution is -2.34. The van der Waals surface area contributed by atoms with Gasteiger partial charge in [0.2, 0.25) is 11.9 Å². The van der Waals surface area contributed by atoms with Crippen molar-refractivity contribution < 1.29 is 9.18 Å². The number of hydrogen-bond donors (Lipinski definition) is 2. The molecule has 1 fully saturated rings. The van der Waals surface area contributed by atoms with Gasteiger partial charge in [0.15, 0.2) is 0 Å². The van der Waals surface area contributed by atoms with Gasteiger partial charge in [0.05, 0.1) is 11.9 Å². The number of para-hydroxylation sites is 1. The maximum Gasteiger partial charge on any atom is 0.225 e. The van der Waals surface area contributed by atoms with Crippen molar-refractivity contribution in [2.45, 2.75) is 38.1 Å². The maximum atomic E-state index is 13.0. The van der Waals surface area contributed by atoms with Gasteiger partial charge < -0.3 is 15.5 Å². The van der Waals surface area contributed by atoms with Crippen LogP contribution in [0.3, 0.4) is 0 Å². The Morgan fingerprint density at radius 3 is 2.47 bits per heavy atom. The summed E-state index contributed by atoms with van der Waals surface area (Å²) >= 11 is 0. The van der Waals surface area contributed by atoms with Crippen LogP contribution in [0.4, 0.5) is 16.2 Å². The third kappa shape index (κ3) is 5.52. The van der Waals surface area contributed by atoms with Crippen LogP contribution in [-0.4, -0.2) is 42.6 Å². The predicted octanol–water partition coefficient (Wildman–Crippen LogP) is 4.16. The molecule has 4 rings (SSSR count). The van der Waals surface area contributed by atoms with Crippen molar-refractivity contribution in [1.82, 2.24) is 15.3 Å². The number of fused-ring (bicyclic) bond motifs is 1. The lowest BCUT2D eigenvalue weighted by Gasteiger charge is -2.29. The van der Waals surface area contributed by atoms with Gasteiger partial charge in [-0.1, -0.05) is 24.3 Å². The van der Waals surface area contributed by atoms with Gasteiger partial charge in [0, 0.05) is 32.1 Å². The average molecular weight is 436 g/mol. The highest BCUT2D eigenvalue weighted by molar-refractivity contribution is 5.90. The number of hydrogen-bond acceptors (Lipinski definition) is 5. The van der Waals surface area contributed by atoms with Crippen molar-refractivity contribution in [3.8, 4) is 0 Å². The van der Waals surface area contributed by atoms with E-state index in [1.807, 2.05) is 43.3 Å². The van der Waals surface area contributed by atoms with E-state index in [9.17, 15) is 9.18 Å². The molecule has 2 aromatic carbocycles. The van der Waals surface area contributed by atoms with Gasteiger partial charge >= 0.3 is 0 Å². The first-order valence-electron chi connectivity index (χ1n) is 11.2. The number of benzene rings is 2. The quantitative estimate of drug-likeness (QED) is 0.583. The predicted molar refractivity (Wildman–Crippen MR) is 126 cm³/mol. The Bertz CT molecular complexity index is 1060. The first-order valence-corrected chi connectivity index (χ1v) is 11.2. The van der Waals surface area contributed by atoms with Crippen LogP contribution in [-0.2, 0) is 11.2 Å². The Morgan fingerprint density at radius 2 is 1.75 bits per heavy atom. The number of carbonyl (C=O) groups excluding carboxylic acids is 1. The Morgan fingerprint density at radius 1 is 1.03 bits per heavy atom. The SMILES string of the molecule is CN(C)c1nc(N[C@H]2CC[C@@H](CNC(=O)Cc3ccc(F)cc3)CC2)nc2ccccc12. The molecule has 0 radical (unpaired) electrons. The lowest BCUT2D eigenvalue weighted by atomic mass is 9.86. The number of nitrogens with zero attached hydrogens (tertiary/aromatic N) is 3. The molecule has 1 aromatic heterocycles. The molecule has 2 N–H and O–H groups in total. The van der Waals surface area contributed by atoms with Crippen LogP contribution in [0.5, 0.6) is 0 Å². The number of anilines is 2. The van der Waals surface area contributed by atoms with E-state index in [1.54, 1.807) is 12.1 Å². The van der Waals surface area contributed by atoms with Crippen molar-refractivity contribution in [2.75, 3.05) is 30.9 Å². The molecule has 0 atom stereocenters. The van der Waals surface area contributed by atoms with E-state index >= 15 is 0 Å². The second kappa shape index (κ2) is 9.94. The zero-order chi connectivity index (χ0) is 22.5. The summed E-state index contributed by atoms with van der Waals surface area (Å²) in [4.78, 5) is 23.7. The molecule has 168 valence electrons. The number of carbonyl (C=O) groups is 1. The lowest BCUT2D eigenvalue weighted by molar-refractivity contribution is -0.120. The first kappa shape index (κ1) is 22.0. The molecule has 1 aliphatic carbocycles. The van der Waals surface area contributed by atoms with E-state index in [0.29, 0.717) is 24.5 Å². The summed E-state index contributed by atoms with van der Waals surface area (Å²) in [5.74, 6) is 1.75. The van der Waals surface area contributed by atoms with Crippen molar-refractivity contribution >= 4 is 28.6 Å². The van der Waals surface area contributed by atoms with E-state index in [0.717, 1.165) is 48.0 Å². The molecule has 0 spiro atoms. The van der Waals surface area contributed by atoms with Crippen molar-refractivity contribution in [3.63, 3.8) is 0 Å². The topological polar surface area (TPSA) is 70.2 Å². The van der Waals surface area contributed by atoms with Crippen molar-refractivity contribution in [1.29, 1.82) is 0 Å². The van der Waals surface area contributed by atoms with Gasteiger partial charge in [-0.3, -0.25) is 4.79 Å². The number of rotatable bonds is 7. The van der Waals surface area contributed by atoms with E-state index in [2.05, 4.69) is 10.6 Å². The van der Waals surface area contributed by atoms with Crippen LogP contribution < -0.4 is 15.5 Å². The molecule has 1 aliphatic rings. The highest BCUT2D eigenvalue weighted by Gasteiger charge is 2.22. The molecule has 0 unspecified atom stereocenters. The van der Waals surface area contributed by atoms with Crippen LogP contribution in [0.15, 0.2) is 48.5 Å². The smallest absolute Gasteiger partial charge is 0.225 e. The van der Waals surface area contributed by atoms with Gasteiger partial charge in [-0.25, -0.2) is 9.37 Å². The second-order valence-electron chi connectivity index (χ2n) is 8.75. The van der Waals surface area contributed by atoms with Crippen molar-refractivity contribution in [3.05, 3.63) is 59.9 Å². The Labute approximate surface area is 188 Å². The zero-order valence-corrected chi connectivity index (χ0v) is 18.6. The number of halogens is 1. The number of aromatic nitrogens is 2.